The molecule has 0 unspecified atom stereocenters. The van der Waals surface area contributed by atoms with Crippen LogP contribution in [0.1, 0.15) is 5.56 Å². The van der Waals surface area contributed by atoms with Crippen LogP contribution in [0.25, 0.3) is 11.3 Å². The van der Waals surface area contributed by atoms with E-state index in [0.717, 1.165) is 37.4 Å². The Morgan fingerprint density at radius 2 is 2.14 bits per heavy atom. The van der Waals surface area contributed by atoms with Gasteiger partial charge in [0.05, 0.1) is 18.2 Å². The molecule has 1 aliphatic heterocycles. The van der Waals surface area contributed by atoms with Gasteiger partial charge in [0.2, 0.25) is 5.91 Å². The summed E-state index contributed by atoms with van der Waals surface area (Å²) in [5.74, 6) is 0.156. The lowest BCUT2D eigenvalue weighted by Crippen LogP contribution is -2.47. The highest BCUT2D eigenvalue weighted by molar-refractivity contribution is 5.77. The van der Waals surface area contributed by atoms with Gasteiger partial charge in [-0.15, -0.1) is 0 Å². The van der Waals surface area contributed by atoms with Gasteiger partial charge in [-0.3, -0.25) is 4.79 Å². The number of nitrogens with one attached hydrogen (secondary N) is 1. The normalized spacial score (nSPS) is 15.2. The minimum absolute atomic E-state index is 0.156. The van der Waals surface area contributed by atoms with Crippen LogP contribution in [0.3, 0.4) is 0 Å². The SMILES string of the molecule is Cc1cccc(-c2cncn2CC(=O)N2CCNCC2)c1. The number of carbonyl (C=O) groups excluding carboxylic acids is 1. The quantitative estimate of drug-likeness (QED) is 0.924. The molecule has 21 heavy (non-hydrogen) atoms. The lowest BCUT2D eigenvalue weighted by atomic mass is 10.1. The highest BCUT2D eigenvalue weighted by Crippen LogP contribution is 2.20. The third-order valence-electron chi connectivity index (χ3n) is 3.80. The van der Waals surface area contributed by atoms with Gasteiger partial charge < -0.3 is 14.8 Å². The van der Waals surface area contributed by atoms with Gasteiger partial charge >= 0.3 is 0 Å². The van der Waals surface area contributed by atoms with Gasteiger partial charge in [-0.05, 0) is 13.0 Å². The van der Waals surface area contributed by atoms with Crippen LogP contribution in [0.15, 0.2) is 36.8 Å². The molecule has 0 bridgehead atoms. The third-order valence-corrected chi connectivity index (χ3v) is 3.80. The number of hydrogen-bond acceptors (Lipinski definition) is 3. The minimum Gasteiger partial charge on any atom is -0.339 e. The molecule has 1 aromatic heterocycles. The van der Waals surface area contributed by atoms with Gasteiger partial charge in [0.15, 0.2) is 0 Å². The summed E-state index contributed by atoms with van der Waals surface area (Å²) in [6.07, 6.45) is 3.55. The molecule has 1 amide bonds. The molecular formula is C16H20N4O. The number of rotatable bonds is 3. The van der Waals surface area contributed by atoms with Crippen molar-refractivity contribution in [1.29, 1.82) is 0 Å². The smallest absolute Gasteiger partial charge is 0.242 e. The van der Waals surface area contributed by atoms with E-state index in [1.807, 2.05) is 21.7 Å². The van der Waals surface area contributed by atoms with Crippen molar-refractivity contribution in [3.8, 4) is 11.3 Å². The van der Waals surface area contributed by atoms with Crippen LogP contribution in [-0.2, 0) is 11.3 Å². The zero-order valence-corrected chi connectivity index (χ0v) is 12.2. The zero-order chi connectivity index (χ0) is 14.7. The predicted molar refractivity (Wildman–Crippen MR) is 81.8 cm³/mol. The number of amides is 1. The Hall–Kier alpha value is -2.14. The molecule has 1 saturated heterocycles. The van der Waals surface area contributed by atoms with Crippen molar-refractivity contribution >= 4 is 5.91 Å². The molecule has 0 spiro atoms. The second-order valence-corrected chi connectivity index (χ2v) is 5.41. The maximum atomic E-state index is 12.4. The Morgan fingerprint density at radius 3 is 2.90 bits per heavy atom. The monoisotopic (exact) mass is 284 g/mol. The fourth-order valence-corrected chi connectivity index (χ4v) is 2.65. The standard InChI is InChI=1S/C16H20N4O/c1-13-3-2-4-14(9-13)15-10-18-12-20(15)11-16(21)19-7-5-17-6-8-19/h2-4,9-10,12,17H,5-8,11H2,1H3. The Labute approximate surface area is 124 Å². The first kappa shape index (κ1) is 13.8. The number of benzene rings is 1. The molecule has 2 heterocycles. The van der Waals surface area contributed by atoms with Crippen molar-refractivity contribution in [1.82, 2.24) is 19.8 Å². The molecule has 3 rings (SSSR count). The molecule has 0 atom stereocenters. The number of aromatic nitrogens is 2. The zero-order valence-electron chi connectivity index (χ0n) is 12.2. The summed E-state index contributed by atoms with van der Waals surface area (Å²) in [7, 11) is 0. The third kappa shape index (κ3) is 3.13. The Morgan fingerprint density at radius 1 is 1.33 bits per heavy atom. The average Bonchev–Trinajstić information content (AvgIpc) is 2.96. The van der Waals surface area contributed by atoms with Crippen molar-refractivity contribution in [3.05, 3.63) is 42.4 Å². The van der Waals surface area contributed by atoms with E-state index in [0.29, 0.717) is 6.54 Å². The van der Waals surface area contributed by atoms with E-state index < -0.39 is 0 Å². The molecule has 2 aromatic rings. The number of imidazole rings is 1. The van der Waals surface area contributed by atoms with E-state index >= 15 is 0 Å². The van der Waals surface area contributed by atoms with Crippen LogP contribution in [0.5, 0.6) is 0 Å². The lowest BCUT2D eigenvalue weighted by Gasteiger charge is -2.27. The molecule has 1 fully saturated rings. The number of piperazine rings is 1. The van der Waals surface area contributed by atoms with Gasteiger partial charge in [-0.25, -0.2) is 4.98 Å². The van der Waals surface area contributed by atoms with Crippen molar-refractivity contribution in [2.75, 3.05) is 26.2 Å². The van der Waals surface area contributed by atoms with E-state index in [1.54, 1.807) is 6.33 Å². The number of aryl methyl sites for hydroxylation is 1. The van der Waals surface area contributed by atoms with Crippen LogP contribution >= 0.6 is 0 Å². The van der Waals surface area contributed by atoms with Crippen LogP contribution in [-0.4, -0.2) is 46.5 Å². The van der Waals surface area contributed by atoms with Crippen LogP contribution in [0.2, 0.25) is 0 Å². The second kappa shape index (κ2) is 6.10. The summed E-state index contributed by atoms with van der Waals surface area (Å²) in [6, 6.07) is 8.26. The van der Waals surface area contributed by atoms with E-state index in [2.05, 4.69) is 35.4 Å². The van der Waals surface area contributed by atoms with Crippen molar-refractivity contribution in [2.45, 2.75) is 13.5 Å². The Kier molecular flexibility index (Phi) is 4.01. The maximum absolute atomic E-state index is 12.4. The highest BCUT2D eigenvalue weighted by Gasteiger charge is 2.17. The summed E-state index contributed by atoms with van der Waals surface area (Å²) < 4.78 is 1.93. The fraction of sp³-hybridized carbons (Fsp3) is 0.375. The van der Waals surface area contributed by atoms with Gasteiger partial charge in [-0.1, -0.05) is 23.8 Å². The van der Waals surface area contributed by atoms with Crippen LogP contribution in [0, 0.1) is 6.92 Å². The molecular weight excluding hydrogens is 264 g/mol. The van der Waals surface area contributed by atoms with Crippen molar-refractivity contribution in [3.63, 3.8) is 0 Å². The molecule has 0 aliphatic carbocycles. The second-order valence-electron chi connectivity index (χ2n) is 5.41. The van der Waals surface area contributed by atoms with E-state index in [4.69, 9.17) is 0 Å². The van der Waals surface area contributed by atoms with Crippen LogP contribution in [0.4, 0.5) is 0 Å². The van der Waals surface area contributed by atoms with Gasteiger partial charge in [0.1, 0.15) is 6.54 Å². The molecule has 5 nitrogen and oxygen atoms in total. The fourth-order valence-electron chi connectivity index (χ4n) is 2.65. The van der Waals surface area contributed by atoms with Gasteiger partial charge in [-0.2, -0.15) is 0 Å². The first-order valence-electron chi connectivity index (χ1n) is 7.30. The molecule has 110 valence electrons. The lowest BCUT2D eigenvalue weighted by molar-refractivity contribution is -0.132. The van der Waals surface area contributed by atoms with E-state index in [1.165, 1.54) is 5.56 Å². The first-order valence-corrected chi connectivity index (χ1v) is 7.30. The maximum Gasteiger partial charge on any atom is 0.242 e. The average molecular weight is 284 g/mol. The molecule has 0 saturated carbocycles. The van der Waals surface area contributed by atoms with Crippen molar-refractivity contribution < 1.29 is 4.79 Å². The Bertz CT molecular complexity index is 629. The molecule has 1 aliphatic rings. The summed E-state index contributed by atoms with van der Waals surface area (Å²) in [5, 5.41) is 3.26. The topological polar surface area (TPSA) is 50.2 Å². The summed E-state index contributed by atoms with van der Waals surface area (Å²) in [6.45, 7) is 5.74. The van der Waals surface area contributed by atoms with E-state index in [9.17, 15) is 4.79 Å². The van der Waals surface area contributed by atoms with Gasteiger partial charge in [0, 0.05) is 31.7 Å². The Balaban J connectivity index is 1.78. The van der Waals surface area contributed by atoms with E-state index in [-0.39, 0.29) is 5.91 Å². The molecule has 0 radical (unpaired) electrons. The number of carbonyl (C=O) groups is 1. The number of hydrogen-bond donors (Lipinski definition) is 1. The predicted octanol–water partition coefficient (Wildman–Crippen LogP) is 1.29. The highest BCUT2D eigenvalue weighted by atomic mass is 16.2. The molecule has 1 aromatic carbocycles. The van der Waals surface area contributed by atoms with Crippen LogP contribution < -0.4 is 5.32 Å². The summed E-state index contributed by atoms with van der Waals surface area (Å²) in [4.78, 5) is 18.5. The largest absolute Gasteiger partial charge is 0.339 e. The summed E-state index contributed by atoms with van der Waals surface area (Å²) >= 11 is 0. The van der Waals surface area contributed by atoms with Gasteiger partial charge in [0.25, 0.3) is 0 Å². The first-order chi connectivity index (χ1) is 10.2. The van der Waals surface area contributed by atoms with Crippen molar-refractivity contribution in [2.24, 2.45) is 0 Å². The summed E-state index contributed by atoms with van der Waals surface area (Å²) in [5.41, 5.74) is 3.29. The minimum atomic E-state index is 0.156. The number of nitrogens with zero attached hydrogens (tertiary/aromatic N) is 3. The molecule has 1 N–H and O–H groups in total. The molecule has 5 heteroatoms.